The van der Waals surface area contributed by atoms with Crippen molar-refractivity contribution in [3.63, 3.8) is 0 Å². The van der Waals surface area contributed by atoms with Crippen LogP contribution in [0.25, 0.3) is 0 Å². The quantitative estimate of drug-likeness (QED) is 0.161. The van der Waals surface area contributed by atoms with Gasteiger partial charge in [0.15, 0.2) is 0 Å². The van der Waals surface area contributed by atoms with Crippen LogP contribution in [0.2, 0.25) is 0 Å². The molecular formula is C12H22O13. The third-order valence-electron chi connectivity index (χ3n) is 3.97. The summed E-state index contributed by atoms with van der Waals surface area (Å²) in [7, 11) is 0. The van der Waals surface area contributed by atoms with E-state index in [1.807, 2.05) is 0 Å². The summed E-state index contributed by atoms with van der Waals surface area (Å²) in [5.74, 6) is 0. The Morgan fingerprint density at radius 2 is 0.920 bits per heavy atom. The van der Waals surface area contributed by atoms with Crippen molar-refractivity contribution in [3.05, 3.63) is 0 Å². The lowest BCUT2D eigenvalue weighted by Crippen LogP contribution is -2.60. The lowest BCUT2D eigenvalue weighted by Gasteiger charge is -2.40. The van der Waals surface area contributed by atoms with Gasteiger partial charge in [0.05, 0.1) is 13.2 Å². The minimum Gasteiger partial charge on any atom is -0.394 e. The van der Waals surface area contributed by atoms with E-state index >= 15 is 0 Å². The zero-order valence-corrected chi connectivity index (χ0v) is 12.8. The fourth-order valence-electron chi connectivity index (χ4n) is 2.39. The second-order valence-corrected chi connectivity index (χ2v) is 5.66. The number of rotatable bonds is 6. The third kappa shape index (κ3) is 4.42. The summed E-state index contributed by atoms with van der Waals surface area (Å²) in [4.78, 5) is 9.11. The molecule has 0 aromatic carbocycles. The first-order chi connectivity index (χ1) is 11.8. The monoisotopic (exact) mass is 374 g/mol. The highest BCUT2D eigenvalue weighted by molar-refractivity contribution is 4.89. The summed E-state index contributed by atoms with van der Waals surface area (Å²) in [6.07, 6.45) is -15.9. The van der Waals surface area contributed by atoms with Crippen LogP contribution in [-0.4, -0.2) is 115 Å². The fraction of sp³-hybridized carbons (Fsp3) is 1.00. The van der Waals surface area contributed by atoms with Crippen LogP contribution in [0.4, 0.5) is 0 Å². The highest BCUT2D eigenvalue weighted by Crippen LogP contribution is 2.24. The number of ether oxygens (including phenoxy) is 2. The second-order valence-electron chi connectivity index (χ2n) is 5.66. The van der Waals surface area contributed by atoms with Crippen LogP contribution in [0, 0.1) is 0 Å². The van der Waals surface area contributed by atoms with E-state index in [1.165, 1.54) is 0 Å². The lowest BCUT2D eigenvalue weighted by atomic mass is 9.99. The maximum absolute atomic E-state index is 9.70. The van der Waals surface area contributed by atoms with E-state index in [0.717, 1.165) is 0 Å². The van der Waals surface area contributed by atoms with Crippen LogP contribution in [0.1, 0.15) is 0 Å². The van der Waals surface area contributed by atoms with Crippen LogP contribution in [0.5, 0.6) is 0 Å². The van der Waals surface area contributed by atoms with Crippen LogP contribution in [0.3, 0.4) is 0 Å². The molecular weight excluding hydrogens is 352 g/mol. The van der Waals surface area contributed by atoms with Crippen molar-refractivity contribution in [2.45, 2.75) is 61.4 Å². The fourth-order valence-corrected chi connectivity index (χ4v) is 2.39. The predicted octanol–water partition coefficient (Wildman–Crippen LogP) is -5.53. The normalized spacial score (nSPS) is 48.5. The first kappa shape index (κ1) is 20.8. The SMILES string of the molecule is OCC1OC(OOOC2OC(CO)C(O)C(O)C2O)C(O)C(O)C1O. The van der Waals surface area contributed by atoms with E-state index in [0.29, 0.717) is 0 Å². The van der Waals surface area contributed by atoms with E-state index in [1.54, 1.807) is 0 Å². The van der Waals surface area contributed by atoms with Crippen molar-refractivity contribution < 1.29 is 65.1 Å². The molecule has 2 heterocycles. The van der Waals surface area contributed by atoms with Gasteiger partial charge in [-0.15, -0.1) is 0 Å². The first-order valence-corrected chi connectivity index (χ1v) is 7.41. The van der Waals surface area contributed by atoms with Gasteiger partial charge >= 0.3 is 0 Å². The number of hydrogen-bond donors (Lipinski definition) is 8. The summed E-state index contributed by atoms with van der Waals surface area (Å²) in [5, 5.41) is 80.1. The van der Waals surface area contributed by atoms with Crippen LogP contribution < -0.4 is 0 Å². The van der Waals surface area contributed by atoms with Gasteiger partial charge in [-0.05, 0) is 0 Å². The molecule has 13 heteroatoms. The molecule has 0 aliphatic carbocycles. The molecule has 13 nitrogen and oxygen atoms in total. The molecule has 10 atom stereocenters. The number of aliphatic hydroxyl groups is 8. The molecule has 8 N–H and O–H groups in total. The molecule has 2 fully saturated rings. The highest BCUT2D eigenvalue weighted by atomic mass is 17.5. The van der Waals surface area contributed by atoms with Crippen molar-refractivity contribution in [1.29, 1.82) is 0 Å². The van der Waals surface area contributed by atoms with Gasteiger partial charge in [-0.1, -0.05) is 5.04 Å². The Bertz CT molecular complexity index is 370. The number of hydrogen-bond acceptors (Lipinski definition) is 13. The smallest absolute Gasteiger partial charge is 0.223 e. The van der Waals surface area contributed by atoms with Crippen molar-refractivity contribution >= 4 is 0 Å². The molecule has 0 spiro atoms. The molecule has 0 saturated carbocycles. The van der Waals surface area contributed by atoms with Gasteiger partial charge in [-0.2, -0.15) is 9.78 Å². The molecule has 2 saturated heterocycles. The third-order valence-corrected chi connectivity index (χ3v) is 3.97. The Labute approximate surface area is 141 Å². The van der Waals surface area contributed by atoms with Gasteiger partial charge < -0.3 is 50.3 Å². The molecule has 0 radical (unpaired) electrons. The molecule has 10 unspecified atom stereocenters. The zero-order valence-electron chi connectivity index (χ0n) is 12.8. The minimum absolute atomic E-state index is 0.682. The van der Waals surface area contributed by atoms with Crippen molar-refractivity contribution in [1.82, 2.24) is 0 Å². The largest absolute Gasteiger partial charge is 0.394 e. The van der Waals surface area contributed by atoms with Gasteiger partial charge in [0, 0.05) is 0 Å². The van der Waals surface area contributed by atoms with Crippen LogP contribution in [0.15, 0.2) is 0 Å². The van der Waals surface area contributed by atoms with Gasteiger partial charge in [-0.3, -0.25) is 0 Å². The Morgan fingerprint density at radius 1 is 0.560 bits per heavy atom. The Balaban J connectivity index is 1.87. The van der Waals surface area contributed by atoms with Gasteiger partial charge in [0.2, 0.25) is 12.6 Å². The predicted molar refractivity (Wildman–Crippen MR) is 70.8 cm³/mol. The van der Waals surface area contributed by atoms with E-state index in [2.05, 4.69) is 14.8 Å². The molecule has 148 valence electrons. The first-order valence-electron chi connectivity index (χ1n) is 7.41. The highest BCUT2D eigenvalue weighted by Gasteiger charge is 2.47. The van der Waals surface area contributed by atoms with Gasteiger partial charge in [0.1, 0.15) is 48.8 Å². The van der Waals surface area contributed by atoms with E-state index in [9.17, 15) is 30.6 Å². The summed E-state index contributed by atoms with van der Waals surface area (Å²) in [6, 6.07) is 0. The molecule has 2 aliphatic rings. The lowest BCUT2D eigenvalue weighted by molar-refractivity contribution is -0.595. The second kappa shape index (κ2) is 8.92. The Hall–Kier alpha value is -0.520. The standard InChI is InChI=1S/C12H22O13/c13-1-3-5(15)7(17)9(19)11(21-3)23-25-24-12-10(20)8(18)6(16)4(2-14)22-12/h3-20H,1-2H2. The van der Waals surface area contributed by atoms with E-state index < -0.39 is 74.6 Å². The van der Waals surface area contributed by atoms with Crippen molar-refractivity contribution in [3.8, 4) is 0 Å². The molecule has 0 bridgehead atoms. The van der Waals surface area contributed by atoms with Crippen LogP contribution >= 0.6 is 0 Å². The van der Waals surface area contributed by atoms with Crippen LogP contribution in [-0.2, 0) is 24.3 Å². The van der Waals surface area contributed by atoms with E-state index in [-0.39, 0.29) is 0 Å². The van der Waals surface area contributed by atoms with Gasteiger partial charge in [0.25, 0.3) is 0 Å². The summed E-state index contributed by atoms with van der Waals surface area (Å²) in [6.45, 7) is -1.36. The molecule has 0 aromatic rings. The molecule has 2 rings (SSSR count). The summed E-state index contributed by atoms with van der Waals surface area (Å²) in [5.41, 5.74) is 0. The molecule has 25 heavy (non-hydrogen) atoms. The summed E-state index contributed by atoms with van der Waals surface area (Å²) >= 11 is 0. The topological polar surface area (TPSA) is 208 Å². The molecule has 0 aromatic heterocycles. The number of aliphatic hydroxyl groups excluding tert-OH is 8. The summed E-state index contributed by atoms with van der Waals surface area (Å²) < 4.78 is 9.91. The van der Waals surface area contributed by atoms with Crippen molar-refractivity contribution in [2.24, 2.45) is 0 Å². The van der Waals surface area contributed by atoms with Crippen molar-refractivity contribution in [2.75, 3.05) is 13.2 Å². The maximum Gasteiger partial charge on any atom is 0.223 e. The Kier molecular flexibility index (Phi) is 7.41. The minimum atomic E-state index is -1.75. The molecule has 0 amide bonds. The maximum atomic E-state index is 9.70. The average Bonchev–Trinajstić information content (AvgIpc) is 2.61. The van der Waals surface area contributed by atoms with Gasteiger partial charge in [-0.25, -0.2) is 0 Å². The van der Waals surface area contributed by atoms with E-state index in [4.69, 9.17) is 19.7 Å². The average molecular weight is 374 g/mol. The zero-order chi connectivity index (χ0) is 18.7. The molecule has 2 aliphatic heterocycles. The Morgan fingerprint density at radius 3 is 1.24 bits per heavy atom.